The van der Waals surface area contributed by atoms with Crippen molar-refractivity contribution in [3.8, 4) is 5.75 Å². The third-order valence-corrected chi connectivity index (χ3v) is 3.71. The minimum atomic E-state index is -0.305. The largest absolute Gasteiger partial charge is 0.491 e. The summed E-state index contributed by atoms with van der Waals surface area (Å²) in [5.41, 5.74) is 6.40. The summed E-state index contributed by atoms with van der Waals surface area (Å²) in [5.74, 6) is 1.82. The average Bonchev–Trinajstić information content (AvgIpc) is 3.25. The van der Waals surface area contributed by atoms with E-state index < -0.39 is 0 Å². The van der Waals surface area contributed by atoms with Crippen molar-refractivity contribution in [3.05, 3.63) is 41.9 Å². The van der Waals surface area contributed by atoms with Gasteiger partial charge in [0.2, 0.25) is 0 Å². The van der Waals surface area contributed by atoms with Gasteiger partial charge in [0.05, 0.1) is 13.2 Å². The summed E-state index contributed by atoms with van der Waals surface area (Å²) in [6.07, 6.45) is 2.89. The van der Waals surface area contributed by atoms with Gasteiger partial charge in [0, 0.05) is 6.54 Å². The van der Waals surface area contributed by atoms with Gasteiger partial charge in [0.25, 0.3) is 0 Å². The van der Waals surface area contributed by atoms with Gasteiger partial charge in [0.15, 0.2) is 23.6 Å². The van der Waals surface area contributed by atoms with Crippen LogP contribution in [0.4, 0.5) is 4.39 Å². The fourth-order valence-corrected chi connectivity index (χ4v) is 2.13. The van der Waals surface area contributed by atoms with Crippen molar-refractivity contribution < 1.29 is 18.7 Å². The van der Waals surface area contributed by atoms with Crippen molar-refractivity contribution in [2.24, 2.45) is 17.6 Å². The zero-order valence-electron chi connectivity index (χ0n) is 13.9. The Kier molecular flexibility index (Phi) is 8.33. The molecule has 5 heteroatoms. The molecule has 23 heavy (non-hydrogen) atoms. The maximum Gasteiger partial charge on any atom is 0.184 e. The minimum absolute atomic E-state index is 0.197. The maximum absolute atomic E-state index is 13.4. The second-order valence-electron chi connectivity index (χ2n) is 5.60. The van der Waals surface area contributed by atoms with E-state index in [9.17, 15) is 9.18 Å². The normalized spacial score (nSPS) is 18.4. The van der Waals surface area contributed by atoms with E-state index in [1.807, 2.05) is 0 Å². The van der Waals surface area contributed by atoms with E-state index in [-0.39, 0.29) is 11.6 Å². The van der Waals surface area contributed by atoms with Crippen LogP contribution in [-0.4, -0.2) is 19.5 Å². The van der Waals surface area contributed by atoms with E-state index in [2.05, 4.69) is 18.2 Å². The van der Waals surface area contributed by atoms with Crippen molar-refractivity contribution in [1.29, 1.82) is 0 Å². The Bertz CT molecular complexity index is 519. The van der Waals surface area contributed by atoms with Gasteiger partial charge in [-0.1, -0.05) is 19.6 Å². The number of carbonyl (C=O) groups excluding carboxylic acids is 1. The zero-order valence-corrected chi connectivity index (χ0v) is 13.9. The topological polar surface area (TPSA) is 61.5 Å². The highest BCUT2D eigenvalue weighted by Gasteiger charge is 2.31. The summed E-state index contributed by atoms with van der Waals surface area (Å²) in [4.78, 5) is 9.67. The van der Waals surface area contributed by atoms with E-state index in [1.54, 1.807) is 19.1 Å². The number of rotatable bonds is 8. The van der Waals surface area contributed by atoms with E-state index >= 15 is 0 Å². The molecule has 0 amide bonds. The van der Waals surface area contributed by atoms with Gasteiger partial charge in [-0.15, -0.1) is 0 Å². The van der Waals surface area contributed by atoms with Crippen LogP contribution in [0.1, 0.15) is 32.3 Å². The molecule has 1 fully saturated rings. The van der Waals surface area contributed by atoms with Crippen LogP contribution in [0.5, 0.6) is 5.75 Å². The summed E-state index contributed by atoms with van der Waals surface area (Å²) < 4.78 is 23.4. The summed E-state index contributed by atoms with van der Waals surface area (Å²) in [7, 11) is 0. The molecule has 0 spiro atoms. The minimum Gasteiger partial charge on any atom is -0.491 e. The van der Waals surface area contributed by atoms with Gasteiger partial charge in [0.1, 0.15) is 0 Å². The molecule has 1 saturated carbocycles. The fraction of sp³-hybridized carbons (Fsp3) is 0.500. The van der Waals surface area contributed by atoms with E-state index in [1.165, 1.54) is 12.5 Å². The van der Waals surface area contributed by atoms with Crippen LogP contribution in [0, 0.1) is 17.7 Å². The lowest BCUT2D eigenvalue weighted by Gasteiger charge is -2.08. The highest BCUT2D eigenvalue weighted by atomic mass is 19.1. The van der Waals surface area contributed by atoms with Crippen LogP contribution < -0.4 is 10.5 Å². The average molecular weight is 323 g/mol. The Labute approximate surface area is 137 Å². The van der Waals surface area contributed by atoms with Crippen LogP contribution in [-0.2, 0) is 16.1 Å². The first kappa shape index (κ1) is 19.2. The molecule has 0 saturated heterocycles. The lowest BCUT2D eigenvalue weighted by molar-refractivity contribution is -0.107. The molecular weight excluding hydrogens is 297 g/mol. The van der Waals surface area contributed by atoms with Gasteiger partial charge >= 0.3 is 0 Å². The van der Waals surface area contributed by atoms with Crippen molar-refractivity contribution in [3.63, 3.8) is 0 Å². The third-order valence-electron chi connectivity index (χ3n) is 3.71. The lowest BCUT2D eigenvalue weighted by Crippen LogP contribution is -2.03. The number of hydrogen-bond acceptors (Lipinski definition) is 4. The zero-order chi connectivity index (χ0) is 17.2. The second kappa shape index (κ2) is 10.0. The maximum atomic E-state index is 13.4. The van der Waals surface area contributed by atoms with Crippen LogP contribution in [0.2, 0.25) is 0 Å². The Morgan fingerprint density at radius 3 is 2.70 bits per heavy atom. The third kappa shape index (κ3) is 7.28. The van der Waals surface area contributed by atoms with Crippen LogP contribution >= 0.6 is 0 Å². The summed E-state index contributed by atoms with van der Waals surface area (Å²) in [6.45, 7) is 8.83. The Morgan fingerprint density at radius 1 is 1.52 bits per heavy atom. The van der Waals surface area contributed by atoms with Gasteiger partial charge < -0.3 is 15.2 Å². The van der Waals surface area contributed by atoms with E-state index in [4.69, 9.17) is 10.5 Å². The smallest absolute Gasteiger partial charge is 0.184 e. The van der Waals surface area contributed by atoms with Crippen LogP contribution in [0.3, 0.4) is 0 Å². The van der Waals surface area contributed by atoms with Crippen LogP contribution in [0.15, 0.2) is 30.5 Å². The molecule has 1 aliphatic rings. The Morgan fingerprint density at radius 2 is 2.22 bits per heavy atom. The monoisotopic (exact) mass is 323 g/mol. The van der Waals surface area contributed by atoms with Gasteiger partial charge in [-0.3, -0.25) is 4.79 Å². The number of benzene rings is 1. The number of allylic oxidation sites excluding steroid dienone is 1. The first-order valence-corrected chi connectivity index (χ1v) is 7.89. The molecule has 2 atom stereocenters. The molecule has 0 heterocycles. The molecule has 0 aromatic heterocycles. The number of halogens is 1. The molecule has 0 radical (unpaired) electrons. The molecular formula is C18H26FNO3. The highest BCUT2D eigenvalue weighted by Crippen LogP contribution is 2.40. The fourth-order valence-electron chi connectivity index (χ4n) is 2.13. The number of nitrogens with two attached hydrogens (primary N) is 1. The van der Waals surface area contributed by atoms with Gasteiger partial charge in [-0.25, -0.2) is 4.39 Å². The van der Waals surface area contributed by atoms with Crippen molar-refractivity contribution in [2.75, 3.05) is 13.2 Å². The van der Waals surface area contributed by atoms with E-state index in [0.717, 1.165) is 23.8 Å². The molecule has 128 valence electrons. The lowest BCUT2D eigenvalue weighted by atomic mass is 10.2. The van der Waals surface area contributed by atoms with Crippen molar-refractivity contribution >= 4 is 6.29 Å². The van der Waals surface area contributed by atoms with Gasteiger partial charge in [-0.2, -0.15) is 0 Å². The van der Waals surface area contributed by atoms with Crippen LogP contribution in [0.25, 0.3) is 0 Å². The van der Waals surface area contributed by atoms with E-state index in [0.29, 0.717) is 31.8 Å². The van der Waals surface area contributed by atoms with Gasteiger partial charge in [-0.05, 0) is 49.3 Å². The molecule has 1 aromatic carbocycles. The summed E-state index contributed by atoms with van der Waals surface area (Å²) >= 11 is 0. The second-order valence-corrected chi connectivity index (χ2v) is 5.60. The molecule has 0 aliphatic heterocycles. The Balaban J connectivity index is 0.000000322. The first-order chi connectivity index (χ1) is 11.0. The molecule has 4 nitrogen and oxygen atoms in total. The molecule has 2 unspecified atom stereocenters. The standard InChI is InChI=1S/C13H18FNO.C5H8O2/c1-9-6-11(9)4-5-16-13-7-10(8-15)2-3-12(13)14;1-3-7-5(2)4-6/h2-3,7,9,11H,4-6,8,15H2,1H3;4H,2-3H2,1H3. The molecule has 1 aromatic rings. The van der Waals surface area contributed by atoms with Crippen molar-refractivity contribution in [2.45, 2.75) is 33.2 Å². The molecule has 0 bridgehead atoms. The number of hydrogen-bond donors (Lipinski definition) is 1. The van der Waals surface area contributed by atoms with Crippen molar-refractivity contribution in [1.82, 2.24) is 0 Å². The predicted molar refractivity (Wildman–Crippen MR) is 88.5 cm³/mol. The molecule has 2 N–H and O–H groups in total. The highest BCUT2D eigenvalue weighted by molar-refractivity contribution is 5.68. The number of aldehydes is 1. The quantitative estimate of drug-likeness (QED) is 0.452. The number of carbonyl (C=O) groups is 1. The SMILES string of the molecule is C=C(C=O)OCC.CC1CC1CCOc1cc(CN)ccc1F. The Hall–Kier alpha value is -1.88. The molecule has 1 aliphatic carbocycles. The predicted octanol–water partition coefficient (Wildman–Crippen LogP) is 3.44. The molecule has 2 rings (SSSR count). The summed E-state index contributed by atoms with van der Waals surface area (Å²) in [6, 6.07) is 4.79. The number of ether oxygens (including phenoxy) is 2. The first-order valence-electron chi connectivity index (χ1n) is 7.89. The summed E-state index contributed by atoms with van der Waals surface area (Å²) in [5, 5.41) is 0.